The van der Waals surface area contributed by atoms with E-state index in [4.69, 9.17) is 9.47 Å². The Morgan fingerprint density at radius 2 is 1.38 bits per heavy atom. The number of aryl methyl sites for hydroxylation is 1. The van der Waals surface area contributed by atoms with Gasteiger partial charge >= 0.3 is 5.97 Å². The highest BCUT2D eigenvalue weighted by Gasteiger charge is 2.16. The Morgan fingerprint density at radius 3 is 2.08 bits per heavy atom. The summed E-state index contributed by atoms with van der Waals surface area (Å²) < 4.78 is 12.1. The van der Waals surface area contributed by atoms with Crippen LogP contribution in [-0.2, 0) is 22.5 Å². The molecule has 0 aliphatic heterocycles. The molecule has 0 aromatic heterocycles. The van der Waals surface area contributed by atoms with Gasteiger partial charge in [-0.2, -0.15) is 0 Å². The van der Waals surface area contributed by atoms with Crippen LogP contribution in [0.15, 0.2) is 54.6 Å². The maximum Gasteiger partial charge on any atom is 0.306 e. The average Bonchev–Trinajstić information content (AvgIpc) is 2.88. The molecule has 206 valence electrons. The van der Waals surface area contributed by atoms with Crippen molar-refractivity contribution in [2.75, 3.05) is 33.9 Å². The fourth-order valence-electron chi connectivity index (χ4n) is 4.80. The number of ether oxygens (including phenoxy) is 2. The van der Waals surface area contributed by atoms with Crippen LogP contribution in [-0.4, -0.2) is 44.3 Å². The first-order valence-corrected chi connectivity index (χ1v) is 14.7. The quantitative estimate of drug-likeness (QED) is 0.0966. The number of unbranched alkanes of at least 4 members (excludes halogenated alkanes) is 9. The van der Waals surface area contributed by atoms with Crippen molar-refractivity contribution in [3.63, 3.8) is 0 Å². The topological polar surface area (TPSA) is 35.5 Å². The number of hydrogen-bond acceptors (Lipinski definition) is 3. The van der Waals surface area contributed by atoms with Crippen LogP contribution >= 0.6 is 0 Å². The van der Waals surface area contributed by atoms with Crippen molar-refractivity contribution < 1.29 is 18.8 Å². The van der Waals surface area contributed by atoms with Crippen LogP contribution in [0.4, 0.5) is 0 Å². The van der Waals surface area contributed by atoms with Crippen LogP contribution in [0.1, 0.15) is 95.1 Å². The van der Waals surface area contributed by atoms with Crippen molar-refractivity contribution in [1.29, 1.82) is 0 Å². The van der Waals surface area contributed by atoms with Crippen molar-refractivity contribution in [3.05, 3.63) is 65.7 Å². The third kappa shape index (κ3) is 15.5. The molecule has 4 nitrogen and oxygen atoms in total. The van der Waals surface area contributed by atoms with Gasteiger partial charge in [0.2, 0.25) is 0 Å². The van der Waals surface area contributed by atoms with E-state index < -0.39 is 0 Å². The third-order valence-corrected chi connectivity index (χ3v) is 6.93. The summed E-state index contributed by atoms with van der Waals surface area (Å²) in [7, 11) is 4.41. The molecule has 0 amide bonds. The lowest BCUT2D eigenvalue weighted by molar-refractivity contribution is -0.903. The predicted octanol–water partition coefficient (Wildman–Crippen LogP) is 8.13. The molecular formula is C33H52NO3+. The van der Waals surface area contributed by atoms with E-state index in [1.807, 2.05) is 12.1 Å². The van der Waals surface area contributed by atoms with E-state index in [0.717, 1.165) is 36.2 Å². The first kappa shape index (κ1) is 30.9. The zero-order valence-electron chi connectivity index (χ0n) is 23.9. The highest BCUT2D eigenvalue weighted by molar-refractivity contribution is 5.69. The molecule has 0 atom stereocenters. The molecule has 0 saturated heterocycles. The summed E-state index contributed by atoms with van der Waals surface area (Å²) in [5, 5.41) is 0. The van der Waals surface area contributed by atoms with E-state index in [1.165, 1.54) is 75.3 Å². The number of nitrogens with zero attached hydrogens (tertiary/aromatic N) is 1. The molecule has 2 rings (SSSR count). The minimum Gasteiger partial charge on any atom is -0.490 e. The zero-order valence-corrected chi connectivity index (χ0v) is 23.9. The van der Waals surface area contributed by atoms with Gasteiger partial charge in [0.1, 0.15) is 25.5 Å². The van der Waals surface area contributed by atoms with Crippen molar-refractivity contribution in [3.8, 4) is 5.75 Å². The number of carbonyl (C=O) groups is 1. The number of esters is 1. The molecule has 0 aliphatic rings. The molecule has 2 aromatic rings. The van der Waals surface area contributed by atoms with Gasteiger partial charge in [0.05, 0.1) is 27.1 Å². The fraction of sp³-hybridized carbons (Fsp3) is 0.606. The second-order valence-electron chi connectivity index (χ2n) is 11.1. The summed E-state index contributed by atoms with van der Waals surface area (Å²) in [6.07, 6.45) is 16.0. The number of rotatable bonds is 21. The Labute approximate surface area is 227 Å². The Morgan fingerprint density at radius 1 is 0.730 bits per heavy atom. The molecule has 0 spiro atoms. The summed E-state index contributed by atoms with van der Waals surface area (Å²) in [5.41, 5.74) is 2.64. The third-order valence-electron chi connectivity index (χ3n) is 6.93. The summed E-state index contributed by atoms with van der Waals surface area (Å²) >= 11 is 0. The van der Waals surface area contributed by atoms with Gasteiger partial charge in [0, 0.05) is 12.0 Å². The minimum atomic E-state index is -0.141. The van der Waals surface area contributed by atoms with E-state index in [2.05, 4.69) is 63.5 Å². The van der Waals surface area contributed by atoms with Crippen molar-refractivity contribution in [1.82, 2.24) is 0 Å². The van der Waals surface area contributed by atoms with Gasteiger partial charge in [-0.05, 0) is 30.5 Å². The van der Waals surface area contributed by atoms with Gasteiger partial charge in [0.15, 0.2) is 0 Å². The van der Waals surface area contributed by atoms with Gasteiger partial charge in [-0.15, -0.1) is 0 Å². The molecule has 4 heteroatoms. The highest BCUT2D eigenvalue weighted by atomic mass is 16.6. The van der Waals surface area contributed by atoms with E-state index >= 15 is 0 Å². The fourth-order valence-corrected chi connectivity index (χ4v) is 4.80. The van der Waals surface area contributed by atoms with Gasteiger partial charge < -0.3 is 14.0 Å². The molecule has 0 radical (unpaired) electrons. The molecule has 0 bridgehead atoms. The van der Waals surface area contributed by atoms with Gasteiger partial charge in [-0.25, -0.2) is 0 Å². The molecule has 0 aliphatic carbocycles. The van der Waals surface area contributed by atoms with E-state index in [-0.39, 0.29) is 5.97 Å². The van der Waals surface area contributed by atoms with Gasteiger partial charge in [0.25, 0.3) is 0 Å². The Balaban J connectivity index is 1.51. The first-order valence-electron chi connectivity index (χ1n) is 14.7. The molecule has 37 heavy (non-hydrogen) atoms. The normalized spacial score (nSPS) is 11.4. The average molecular weight is 511 g/mol. The number of hydrogen-bond donors (Lipinski definition) is 0. The van der Waals surface area contributed by atoms with Crippen LogP contribution in [0, 0.1) is 0 Å². The summed E-state index contributed by atoms with van der Waals surface area (Å²) in [4.78, 5) is 12.1. The van der Waals surface area contributed by atoms with Crippen LogP contribution in [0.5, 0.6) is 5.75 Å². The van der Waals surface area contributed by atoms with Crippen molar-refractivity contribution >= 4 is 5.97 Å². The number of benzene rings is 2. The number of carbonyl (C=O) groups excluding carboxylic acids is 1. The number of quaternary nitrogens is 1. The van der Waals surface area contributed by atoms with Gasteiger partial charge in [-0.3, -0.25) is 4.79 Å². The second kappa shape index (κ2) is 18.8. The lowest BCUT2D eigenvalue weighted by atomic mass is 10.0. The van der Waals surface area contributed by atoms with E-state index in [9.17, 15) is 4.79 Å². The second-order valence-corrected chi connectivity index (χ2v) is 11.1. The van der Waals surface area contributed by atoms with Gasteiger partial charge in [-0.1, -0.05) is 107 Å². The summed E-state index contributed by atoms with van der Waals surface area (Å²) in [6, 6.07) is 18.8. The van der Waals surface area contributed by atoms with Crippen LogP contribution in [0.2, 0.25) is 0 Å². The minimum absolute atomic E-state index is 0.141. The lowest BCUT2D eigenvalue weighted by Crippen LogP contribution is -2.39. The molecule has 0 N–H and O–H groups in total. The Kier molecular flexibility index (Phi) is 15.7. The predicted molar refractivity (Wildman–Crippen MR) is 155 cm³/mol. The molecule has 0 fully saturated rings. The highest BCUT2D eigenvalue weighted by Crippen LogP contribution is 2.17. The lowest BCUT2D eigenvalue weighted by Gasteiger charge is -2.29. The van der Waals surface area contributed by atoms with Crippen LogP contribution in [0.25, 0.3) is 0 Å². The van der Waals surface area contributed by atoms with E-state index in [0.29, 0.717) is 19.6 Å². The molecule has 0 unspecified atom stereocenters. The molecular weight excluding hydrogens is 458 g/mol. The molecule has 0 saturated carbocycles. The first-order chi connectivity index (χ1) is 18.0. The zero-order chi connectivity index (χ0) is 26.6. The van der Waals surface area contributed by atoms with Crippen molar-refractivity contribution in [2.45, 2.75) is 96.9 Å². The summed E-state index contributed by atoms with van der Waals surface area (Å²) in [6.45, 7) is 4.86. The van der Waals surface area contributed by atoms with Crippen molar-refractivity contribution in [2.24, 2.45) is 0 Å². The SMILES string of the molecule is CCCCCCCCCCCCc1cccc(OCCOC(=O)CCC[N+](C)(C)Cc2ccccc2)c1. The smallest absolute Gasteiger partial charge is 0.306 e. The Bertz CT molecular complexity index is 850. The maximum absolute atomic E-state index is 12.1. The van der Waals surface area contributed by atoms with E-state index in [1.54, 1.807) is 0 Å². The monoisotopic (exact) mass is 510 g/mol. The molecule has 2 aromatic carbocycles. The summed E-state index contributed by atoms with van der Waals surface area (Å²) in [5.74, 6) is 0.721. The van der Waals surface area contributed by atoms with Crippen LogP contribution < -0.4 is 4.74 Å². The molecule has 0 heterocycles. The Hall–Kier alpha value is -2.33. The standard InChI is InChI=1S/C33H52NO3/c1-4-5-6-7-8-9-10-11-12-14-19-30-22-17-23-32(28-30)36-26-27-37-33(35)24-18-25-34(2,3)29-31-20-15-13-16-21-31/h13,15-17,20-23,28H,4-12,14,18-19,24-27,29H2,1-3H3/q+1. The van der Waals surface area contributed by atoms with Crippen LogP contribution in [0.3, 0.4) is 0 Å². The maximum atomic E-state index is 12.1. The largest absolute Gasteiger partial charge is 0.490 e.